The van der Waals surface area contributed by atoms with Crippen LogP contribution >= 0.6 is 0 Å². The third-order valence-electron chi connectivity index (χ3n) is 3.47. The highest BCUT2D eigenvalue weighted by atomic mass is 16.3. The summed E-state index contributed by atoms with van der Waals surface area (Å²) in [5, 5.41) is 37.9. The first-order valence-corrected chi connectivity index (χ1v) is 6.97. The maximum absolute atomic E-state index is 9.94. The fourth-order valence-electron chi connectivity index (χ4n) is 2.34. The number of hydrogen-bond donors (Lipinski definition) is 4. The lowest BCUT2D eigenvalue weighted by molar-refractivity contribution is 0.299. The van der Waals surface area contributed by atoms with Crippen LogP contribution in [-0.2, 0) is 19.3 Å². The second-order valence-electron chi connectivity index (χ2n) is 5.05. The lowest BCUT2D eigenvalue weighted by Gasteiger charge is -2.10. The molecule has 2 aromatic rings. The van der Waals surface area contributed by atoms with Crippen molar-refractivity contribution >= 4 is 0 Å². The molecule has 4 nitrogen and oxygen atoms in total. The smallest absolute Gasteiger partial charge is 0.119 e. The van der Waals surface area contributed by atoms with Crippen LogP contribution in [0.2, 0.25) is 0 Å². The van der Waals surface area contributed by atoms with E-state index in [2.05, 4.69) is 0 Å². The highest BCUT2D eigenvalue weighted by molar-refractivity contribution is 5.44. The van der Waals surface area contributed by atoms with Crippen molar-refractivity contribution in [2.75, 3.05) is 13.2 Å². The van der Waals surface area contributed by atoms with Gasteiger partial charge in [0, 0.05) is 19.6 Å². The first kappa shape index (κ1) is 15.4. The van der Waals surface area contributed by atoms with Crippen molar-refractivity contribution in [3.63, 3.8) is 0 Å². The molecule has 0 spiro atoms. The molecule has 0 radical (unpaired) electrons. The zero-order valence-corrected chi connectivity index (χ0v) is 11.8. The van der Waals surface area contributed by atoms with Crippen LogP contribution in [0.1, 0.15) is 22.3 Å². The third kappa shape index (κ3) is 3.97. The molecule has 0 saturated heterocycles. The predicted molar refractivity (Wildman–Crippen MR) is 80.6 cm³/mol. The number of phenolic OH excluding ortho intramolecular Hbond substituents is 2. The summed E-state index contributed by atoms with van der Waals surface area (Å²) in [6.07, 6.45) is 1.46. The Balaban J connectivity index is 2.28. The average molecular weight is 288 g/mol. The van der Waals surface area contributed by atoms with Gasteiger partial charge in [-0.1, -0.05) is 24.3 Å². The monoisotopic (exact) mass is 288 g/mol. The number of aromatic hydroxyl groups is 2. The molecule has 0 unspecified atom stereocenters. The number of hydrogen-bond acceptors (Lipinski definition) is 4. The average Bonchev–Trinajstić information content (AvgIpc) is 2.46. The van der Waals surface area contributed by atoms with E-state index in [1.807, 2.05) is 12.1 Å². The molecule has 2 rings (SSSR count). The second kappa shape index (κ2) is 7.11. The summed E-state index contributed by atoms with van der Waals surface area (Å²) in [5.41, 5.74) is 3.29. The van der Waals surface area contributed by atoms with Crippen LogP contribution in [0.4, 0.5) is 0 Å². The van der Waals surface area contributed by atoms with Crippen LogP contribution in [0.5, 0.6) is 11.5 Å². The van der Waals surface area contributed by atoms with E-state index < -0.39 is 0 Å². The van der Waals surface area contributed by atoms with Crippen molar-refractivity contribution in [1.29, 1.82) is 0 Å². The van der Waals surface area contributed by atoms with Crippen molar-refractivity contribution in [3.05, 3.63) is 58.7 Å². The molecule has 0 bridgehead atoms. The van der Waals surface area contributed by atoms with Gasteiger partial charge in [0.15, 0.2) is 0 Å². The molecule has 0 fully saturated rings. The van der Waals surface area contributed by atoms with Crippen LogP contribution in [0, 0.1) is 0 Å². The molecule has 0 amide bonds. The van der Waals surface area contributed by atoms with E-state index in [4.69, 9.17) is 10.2 Å². The van der Waals surface area contributed by atoms with Crippen molar-refractivity contribution in [3.8, 4) is 11.5 Å². The minimum atomic E-state index is 0.0570. The van der Waals surface area contributed by atoms with E-state index in [0.29, 0.717) is 30.4 Å². The minimum Gasteiger partial charge on any atom is -0.508 e. The Bertz CT molecular complexity index is 554. The third-order valence-corrected chi connectivity index (χ3v) is 3.47. The van der Waals surface area contributed by atoms with Gasteiger partial charge in [-0.25, -0.2) is 0 Å². The van der Waals surface area contributed by atoms with Gasteiger partial charge in [-0.3, -0.25) is 0 Å². The SMILES string of the molecule is OCCc1ccc(O)c(Cc2cc(CCO)ccc2O)c1. The molecule has 0 aliphatic rings. The van der Waals surface area contributed by atoms with Crippen molar-refractivity contribution in [2.24, 2.45) is 0 Å². The normalized spacial score (nSPS) is 10.8. The zero-order valence-electron chi connectivity index (χ0n) is 11.8. The van der Waals surface area contributed by atoms with Gasteiger partial charge >= 0.3 is 0 Å². The number of aliphatic hydroxyl groups is 2. The van der Waals surface area contributed by atoms with Gasteiger partial charge in [0.25, 0.3) is 0 Å². The molecule has 4 N–H and O–H groups in total. The molecule has 112 valence electrons. The molecule has 2 aromatic carbocycles. The first-order chi connectivity index (χ1) is 10.1. The number of phenols is 2. The topological polar surface area (TPSA) is 80.9 Å². The lowest BCUT2D eigenvalue weighted by Crippen LogP contribution is -1.97. The largest absolute Gasteiger partial charge is 0.508 e. The van der Waals surface area contributed by atoms with Crippen molar-refractivity contribution < 1.29 is 20.4 Å². The molecule has 0 aromatic heterocycles. The summed E-state index contributed by atoms with van der Waals surface area (Å²) < 4.78 is 0. The Hall–Kier alpha value is -2.04. The van der Waals surface area contributed by atoms with Crippen LogP contribution in [-0.4, -0.2) is 33.6 Å². The maximum Gasteiger partial charge on any atom is 0.119 e. The Morgan fingerprint density at radius 1 is 0.667 bits per heavy atom. The van der Waals surface area contributed by atoms with Crippen molar-refractivity contribution in [1.82, 2.24) is 0 Å². The number of rotatable bonds is 6. The van der Waals surface area contributed by atoms with Gasteiger partial charge in [-0.15, -0.1) is 0 Å². The number of aliphatic hydroxyl groups excluding tert-OH is 2. The van der Waals surface area contributed by atoms with E-state index >= 15 is 0 Å². The van der Waals surface area contributed by atoms with Gasteiger partial charge in [-0.2, -0.15) is 0 Å². The summed E-state index contributed by atoms with van der Waals surface area (Å²) in [5.74, 6) is 0.340. The Kier molecular flexibility index (Phi) is 5.20. The Labute approximate surface area is 123 Å². The molecule has 4 heteroatoms. The molecule has 0 heterocycles. The fraction of sp³-hybridized carbons (Fsp3) is 0.294. The van der Waals surface area contributed by atoms with Crippen LogP contribution in [0.15, 0.2) is 36.4 Å². The van der Waals surface area contributed by atoms with E-state index in [1.54, 1.807) is 24.3 Å². The zero-order chi connectivity index (χ0) is 15.2. The van der Waals surface area contributed by atoms with Gasteiger partial charge in [0.1, 0.15) is 11.5 Å². The van der Waals surface area contributed by atoms with E-state index in [9.17, 15) is 10.2 Å². The van der Waals surface area contributed by atoms with Crippen LogP contribution in [0.25, 0.3) is 0 Å². The highest BCUT2D eigenvalue weighted by Crippen LogP contribution is 2.27. The van der Waals surface area contributed by atoms with E-state index in [-0.39, 0.29) is 24.7 Å². The maximum atomic E-state index is 9.94. The molecule has 0 atom stereocenters. The quantitative estimate of drug-likeness (QED) is 0.653. The predicted octanol–water partition coefficient (Wildman–Crippen LogP) is 1.76. The molecule has 0 aliphatic carbocycles. The van der Waals surface area contributed by atoms with Crippen LogP contribution < -0.4 is 0 Å². The molecular weight excluding hydrogens is 268 g/mol. The Morgan fingerprint density at radius 2 is 1.10 bits per heavy atom. The number of benzene rings is 2. The first-order valence-electron chi connectivity index (χ1n) is 6.97. The summed E-state index contributed by atoms with van der Waals surface area (Å²) >= 11 is 0. The van der Waals surface area contributed by atoms with Crippen LogP contribution in [0.3, 0.4) is 0 Å². The van der Waals surface area contributed by atoms with Crippen molar-refractivity contribution in [2.45, 2.75) is 19.3 Å². The Morgan fingerprint density at radius 3 is 1.48 bits per heavy atom. The lowest BCUT2D eigenvalue weighted by atomic mass is 9.98. The van der Waals surface area contributed by atoms with Gasteiger partial charge < -0.3 is 20.4 Å². The van der Waals surface area contributed by atoms with Gasteiger partial charge in [0.2, 0.25) is 0 Å². The van der Waals surface area contributed by atoms with E-state index in [0.717, 1.165) is 11.1 Å². The van der Waals surface area contributed by atoms with E-state index in [1.165, 1.54) is 0 Å². The standard InChI is InChI=1S/C17H20O4/c18-7-5-12-1-3-16(20)14(9-12)11-15-10-13(6-8-19)2-4-17(15)21/h1-4,9-10,18-21H,5-8,11H2. The second-order valence-corrected chi connectivity index (χ2v) is 5.05. The fourth-order valence-corrected chi connectivity index (χ4v) is 2.34. The summed E-state index contributed by atoms with van der Waals surface area (Å²) in [6.45, 7) is 0.114. The summed E-state index contributed by atoms with van der Waals surface area (Å²) in [7, 11) is 0. The molecular formula is C17H20O4. The highest BCUT2D eigenvalue weighted by Gasteiger charge is 2.09. The molecule has 0 aliphatic heterocycles. The minimum absolute atomic E-state index is 0.0570. The summed E-state index contributed by atoms with van der Waals surface area (Å²) in [4.78, 5) is 0. The summed E-state index contributed by atoms with van der Waals surface area (Å²) in [6, 6.07) is 10.4. The molecule has 0 saturated carbocycles. The van der Waals surface area contributed by atoms with Gasteiger partial charge in [-0.05, 0) is 47.2 Å². The molecule has 21 heavy (non-hydrogen) atoms. The van der Waals surface area contributed by atoms with Gasteiger partial charge in [0.05, 0.1) is 0 Å².